The summed E-state index contributed by atoms with van der Waals surface area (Å²) in [6, 6.07) is 2.24. The van der Waals surface area contributed by atoms with E-state index in [1.165, 1.54) is 10.4 Å². The molecule has 1 aromatic heterocycles. The number of nitrogens with zero attached hydrogens (tertiary/aromatic N) is 3. The third-order valence-electron chi connectivity index (χ3n) is 5.23. The van der Waals surface area contributed by atoms with E-state index in [2.05, 4.69) is 10.3 Å². The zero-order chi connectivity index (χ0) is 20.5. The molecule has 1 aromatic rings. The van der Waals surface area contributed by atoms with Gasteiger partial charge in [-0.3, -0.25) is 4.79 Å². The Labute approximate surface area is 162 Å². The van der Waals surface area contributed by atoms with E-state index in [0.717, 1.165) is 18.5 Å². The van der Waals surface area contributed by atoms with Crippen molar-refractivity contribution < 1.29 is 26.4 Å². The lowest BCUT2D eigenvalue weighted by Crippen LogP contribution is -2.45. The van der Waals surface area contributed by atoms with Crippen LogP contribution in [-0.4, -0.2) is 62.1 Å². The molecular weight excluding hydrogens is 397 g/mol. The fourth-order valence-electron chi connectivity index (χ4n) is 3.60. The van der Waals surface area contributed by atoms with Crippen LogP contribution in [0.2, 0.25) is 0 Å². The molecule has 0 bridgehead atoms. The van der Waals surface area contributed by atoms with E-state index in [1.807, 2.05) is 4.90 Å². The van der Waals surface area contributed by atoms with Crippen LogP contribution in [0.5, 0.6) is 0 Å². The van der Waals surface area contributed by atoms with Gasteiger partial charge in [0.1, 0.15) is 5.82 Å². The van der Waals surface area contributed by atoms with Gasteiger partial charge in [-0.1, -0.05) is 0 Å². The molecule has 2 saturated heterocycles. The number of halogens is 3. The van der Waals surface area contributed by atoms with Crippen molar-refractivity contribution in [3.05, 3.63) is 23.9 Å². The lowest BCUT2D eigenvalue weighted by molar-refractivity contribution is -0.137. The number of pyridine rings is 1. The number of carbonyl (C=O) groups excluding carboxylic acids is 1. The maximum absolute atomic E-state index is 12.6. The summed E-state index contributed by atoms with van der Waals surface area (Å²) in [5.74, 6) is 0.128. The zero-order valence-corrected chi connectivity index (χ0v) is 16.3. The van der Waals surface area contributed by atoms with Crippen molar-refractivity contribution in [3.63, 3.8) is 0 Å². The Morgan fingerprint density at radius 3 is 2.39 bits per heavy atom. The summed E-state index contributed by atoms with van der Waals surface area (Å²) < 4.78 is 62.4. The van der Waals surface area contributed by atoms with E-state index < -0.39 is 21.8 Å². The van der Waals surface area contributed by atoms with Crippen molar-refractivity contribution in [1.29, 1.82) is 0 Å². The van der Waals surface area contributed by atoms with Gasteiger partial charge < -0.3 is 10.2 Å². The Hall–Kier alpha value is -1.88. The van der Waals surface area contributed by atoms with Crippen molar-refractivity contribution >= 4 is 21.7 Å². The third-order valence-corrected chi connectivity index (χ3v) is 6.53. The fourth-order valence-corrected chi connectivity index (χ4v) is 4.47. The monoisotopic (exact) mass is 420 g/mol. The Bertz CT molecular complexity index is 806. The molecule has 0 radical (unpaired) electrons. The second-order valence-corrected chi connectivity index (χ2v) is 9.26. The second-order valence-electron chi connectivity index (χ2n) is 7.28. The molecule has 2 fully saturated rings. The van der Waals surface area contributed by atoms with E-state index in [4.69, 9.17) is 0 Å². The topological polar surface area (TPSA) is 82.6 Å². The highest BCUT2D eigenvalue weighted by molar-refractivity contribution is 7.88. The molecule has 11 heteroatoms. The summed E-state index contributed by atoms with van der Waals surface area (Å²) >= 11 is 0. The molecule has 0 spiro atoms. The van der Waals surface area contributed by atoms with Gasteiger partial charge >= 0.3 is 6.18 Å². The molecule has 3 rings (SSSR count). The smallest absolute Gasteiger partial charge is 0.354 e. The van der Waals surface area contributed by atoms with Crippen LogP contribution in [0.1, 0.15) is 24.8 Å². The van der Waals surface area contributed by atoms with Gasteiger partial charge in [0, 0.05) is 44.3 Å². The van der Waals surface area contributed by atoms with Gasteiger partial charge in [0.15, 0.2) is 0 Å². The predicted molar refractivity (Wildman–Crippen MR) is 97.1 cm³/mol. The molecule has 0 saturated carbocycles. The van der Waals surface area contributed by atoms with Gasteiger partial charge in [0.25, 0.3) is 0 Å². The average molecular weight is 420 g/mol. The first-order valence-corrected chi connectivity index (χ1v) is 10.9. The number of alkyl halides is 3. The highest BCUT2D eigenvalue weighted by Crippen LogP contribution is 2.30. The molecule has 156 valence electrons. The Balaban J connectivity index is 1.50. The first-order chi connectivity index (χ1) is 13.0. The number of rotatable bonds is 4. The normalized spacial score (nSPS) is 22.4. The summed E-state index contributed by atoms with van der Waals surface area (Å²) in [6.07, 6.45) is -0.797. The van der Waals surface area contributed by atoms with E-state index in [1.54, 1.807) is 0 Å². The molecule has 0 aliphatic carbocycles. The summed E-state index contributed by atoms with van der Waals surface area (Å²) in [7, 11) is -3.23. The van der Waals surface area contributed by atoms with E-state index in [-0.39, 0.29) is 17.9 Å². The number of piperidine rings is 1. The van der Waals surface area contributed by atoms with Crippen molar-refractivity contribution in [2.75, 3.05) is 37.3 Å². The van der Waals surface area contributed by atoms with Crippen LogP contribution in [0.4, 0.5) is 19.0 Å². The predicted octanol–water partition coefficient (Wildman–Crippen LogP) is 1.47. The van der Waals surface area contributed by atoms with Crippen LogP contribution < -0.4 is 10.2 Å². The number of hydrogen-bond donors (Lipinski definition) is 1. The summed E-state index contributed by atoms with van der Waals surface area (Å²) in [5, 5.41) is 2.98. The second kappa shape index (κ2) is 7.86. The van der Waals surface area contributed by atoms with Gasteiger partial charge in [-0.25, -0.2) is 17.7 Å². The van der Waals surface area contributed by atoms with E-state index >= 15 is 0 Å². The average Bonchev–Trinajstić information content (AvgIpc) is 3.09. The number of sulfonamides is 1. The summed E-state index contributed by atoms with van der Waals surface area (Å²) in [5.41, 5.74) is -0.791. The van der Waals surface area contributed by atoms with Crippen molar-refractivity contribution in [3.8, 4) is 0 Å². The molecule has 2 aliphatic rings. The summed E-state index contributed by atoms with van der Waals surface area (Å²) in [6.45, 7) is 1.74. The van der Waals surface area contributed by atoms with E-state index in [0.29, 0.717) is 51.3 Å². The van der Waals surface area contributed by atoms with Gasteiger partial charge in [-0.15, -0.1) is 0 Å². The minimum absolute atomic E-state index is 0.0969. The zero-order valence-electron chi connectivity index (χ0n) is 15.4. The number of anilines is 1. The van der Waals surface area contributed by atoms with Gasteiger partial charge in [-0.05, 0) is 31.4 Å². The molecule has 28 heavy (non-hydrogen) atoms. The molecular formula is C17H23F3N4O3S. The fraction of sp³-hybridized carbons (Fsp3) is 0.647. The molecule has 1 atom stereocenters. The molecule has 1 N–H and O–H groups in total. The minimum Gasteiger partial charge on any atom is -0.354 e. The van der Waals surface area contributed by atoms with Crippen LogP contribution in [0.25, 0.3) is 0 Å². The Kier molecular flexibility index (Phi) is 5.85. The number of carbonyl (C=O) groups is 1. The van der Waals surface area contributed by atoms with Crippen LogP contribution in [0, 0.1) is 5.92 Å². The number of amides is 1. The van der Waals surface area contributed by atoms with Crippen LogP contribution in [0.3, 0.4) is 0 Å². The van der Waals surface area contributed by atoms with Crippen LogP contribution in [-0.2, 0) is 21.0 Å². The van der Waals surface area contributed by atoms with Gasteiger partial charge in [-0.2, -0.15) is 13.2 Å². The quantitative estimate of drug-likeness (QED) is 0.798. The van der Waals surface area contributed by atoms with E-state index in [9.17, 15) is 26.4 Å². The Morgan fingerprint density at radius 1 is 1.18 bits per heavy atom. The van der Waals surface area contributed by atoms with Gasteiger partial charge in [0.05, 0.1) is 11.8 Å². The molecule has 0 aromatic carbocycles. The SMILES string of the molecule is CS(=O)(=O)N1CCC(C(=O)NC2CCN(c3ccc(C(F)(F)F)cn3)C2)CC1. The first kappa shape index (κ1) is 20.8. The van der Waals surface area contributed by atoms with Crippen molar-refractivity contribution in [2.24, 2.45) is 5.92 Å². The Morgan fingerprint density at radius 2 is 1.86 bits per heavy atom. The molecule has 1 amide bonds. The number of aromatic nitrogens is 1. The lowest BCUT2D eigenvalue weighted by atomic mass is 9.97. The largest absolute Gasteiger partial charge is 0.417 e. The van der Waals surface area contributed by atoms with Crippen LogP contribution in [0.15, 0.2) is 18.3 Å². The molecule has 2 aliphatic heterocycles. The highest BCUT2D eigenvalue weighted by Gasteiger charge is 2.33. The van der Waals surface area contributed by atoms with Crippen LogP contribution >= 0.6 is 0 Å². The number of nitrogens with one attached hydrogen (secondary N) is 1. The lowest BCUT2D eigenvalue weighted by Gasteiger charge is -2.30. The molecule has 7 nitrogen and oxygen atoms in total. The highest BCUT2D eigenvalue weighted by atomic mass is 32.2. The summed E-state index contributed by atoms with van der Waals surface area (Å²) in [4.78, 5) is 18.2. The standard InChI is InChI=1S/C17H23F3N4O3S/c1-28(26,27)24-8-4-12(5-9-24)16(25)22-14-6-7-23(11-14)15-3-2-13(10-21-15)17(18,19)20/h2-3,10,12,14H,4-9,11H2,1H3,(H,22,25). The number of hydrogen-bond acceptors (Lipinski definition) is 5. The molecule has 1 unspecified atom stereocenters. The minimum atomic E-state index is -4.42. The van der Waals surface area contributed by atoms with Gasteiger partial charge in [0.2, 0.25) is 15.9 Å². The van der Waals surface area contributed by atoms with Crippen molar-refractivity contribution in [2.45, 2.75) is 31.5 Å². The maximum Gasteiger partial charge on any atom is 0.417 e. The van der Waals surface area contributed by atoms with Crippen molar-refractivity contribution in [1.82, 2.24) is 14.6 Å². The third kappa shape index (κ3) is 4.93. The first-order valence-electron chi connectivity index (χ1n) is 9.08. The molecule has 3 heterocycles. The maximum atomic E-state index is 12.6.